The first-order valence-corrected chi connectivity index (χ1v) is 7.00. The molecule has 0 fully saturated rings. The van der Waals surface area contributed by atoms with Crippen molar-refractivity contribution in [3.05, 3.63) is 45.9 Å². The monoisotopic (exact) mass is 286 g/mol. The molecule has 20 heavy (non-hydrogen) atoms. The van der Waals surface area contributed by atoms with Gasteiger partial charge in [0.1, 0.15) is 4.88 Å². The van der Waals surface area contributed by atoms with E-state index in [-0.39, 0.29) is 12.5 Å². The Morgan fingerprint density at radius 1 is 1.50 bits per heavy atom. The van der Waals surface area contributed by atoms with E-state index in [0.29, 0.717) is 22.5 Å². The molecule has 2 heterocycles. The number of thiophene rings is 1. The lowest BCUT2D eigenvalue weighted by Crippen LogP contribution is -2.12. The van der Waals surface area contributed by atoms with Gasteiger partial charge in [0.05, 0.1) is 18.0 Å². The van der Waals surface area contributed by atoms with Gasteiger partial charge >= 0.3 is 0 Å². The second kappa shape index (κ2) is 6.85. The Balaban J connectivity index is 2.17. The average Bonchev–Trinajstić information content (AvgIpc) is 2.90. The smallest absolute Gasteiger partial charge is 0.267 e. The summed E-state index contributed by atoms with van der Waals surface area (Å²) in [4.78, 5) is 16.9. The van der Waals surface area contributed by atoms with Gasteiger partial charge in [-0.2, -0.15) is 0 Å². The lowest BCUT2D eigenvalue weighted by molar-refractivity contribution is 0.103. The molecule has 0 saturated carbocycles. The third-order valence-corrected chi connectivity index (χ3v) is 3.50. The summed E-state index contributed by atoms with van der Waals surface area (Å²) in [5, 5.41) is 13.4. The van der Waals surface area contributed by atoms with Crippen molar-refractivity contribution >= 4 is 22.9 Å². The number of carbonyl (C=O) groups excluding carboxylic acids is 1. The fourth-order valence-corrected chi connectivity index (χ4v) is 2.34. The number of aliphatic hydroxyl groups excluding tert-OH is 1. The molecule has 0 saturated heterocycles. The minimum absolute atomic E-state index is 0.0214. The highest BCUT2D eigenvalue weighted by Gasteiger charge is 2.13. The maximum atomic E-state index is 12.2. The molecule has 2 aromatic heterocycles. The van der Waals surface area contributed by atoms with Crippen LogP contribution in [0.1, 0.15) is 27.3 Å². The zero-order chi connectivity index (χ0) is 14.4. The minimum atomic E-state index is -0.190. The fourth-order valence-electron chi connectivity index (χ4n) is 1.59. The topological polar surface area (TPSA) is 62.2 Å². The number of aliphatic hydroxyl groups is 1. The summed E-state index contributed by atoms with van der Waals surface area (Å²) in [7, 11) is 0. The molecule has 0 aliphatic rings. The van der Waals surface area contributed by atoms with Crippen molar-refractivity contribution in [3.8, 4) is 11.8 Å². The van der Waals surface area contributed by atoms with Crippen LogP contribution in [0.2, 0.25) is 0 Å². The molecule has 2 rings (SSSR count). The number of nitrogens with zero attached hydrogens (tertiary/aromatic N) is 1. The number of rotatable bonds is 3. The lowest BCUT2D eigenvalue weighted by atomic mass is 10.2. The number of carbonyl (C=O) groups is 1. The van der Waals surface area contributed by atoms with E-state index in [1.807, 2.05) is 18.4 Å². The van der Waals surface area contributed by atoms with Gasteiger partial charge in [-0.15, -0.1) is 11.3 Å². The van der Waals surface area contributed by atoms with E-state index in [1.54, 1.807) is 18.3 Å². The van der Waals surface area contributed by atoms with Crippen molar-refractivity contribution in [1.82, 2.24) is 4.98 Å². The Labute approximate surface area is 121 Å². The number of aryl methyl sites for hydroxylation is 1. The van der Waals surface area contributed by atoms with Crippen molar-refractivity contribution < 1.29 is 9.90 Å². The Bertz CT molecular complexity index is 668. The summed E-state index contributed by atoms with van der Waals surface area (Å²) >= 11 is 1.34. The number of hydrogen-bond acceptors (Lipinski definition) is 4. The highest BCUT2D eigenvalue weighted by atomic mass is 32.1. The molecule has 0 spiro atoms. The van der Waals surface area contributed by atoms with Crippen LogP contribution < -0.4 is 5.32 Å². The summed E-state index contributed by atoms with van der Waals surface area (Å²) in [5.74, 6) is 5.53. The number of anilines is 1. The van der Waals surface area contributed by atoms with Crippen LogP contribution in [-0.2, 0) is 0 Å². The summed E-state index contributed by atoms with van der Waals surface area (Å²) < 4.78 is 0. The third-order valence-electron chi connectivity index (χ3n) is 2.59. The maximum absolute atomic E-state index is 12.2. The van der Waals surface area contributed by atoms with Gasteiger partial charge in [-0.3, -0.25) is 9.78 Å². The molecule has 0 unspecified atom stereocenters. The molecule has 0 aliphatic carbocycles. The van der Waals surface area contributed by atoms with Gasteiger partial charge in [0.15, 0.2) is 0 Å². The van der Waals surface area contributed by atoms with Crippen molar-refractivity contribution in [2.24, 2.45) is 0 Å². The molecule has 0 aliphatic heterocycles. The van der Waals surface area contributed by atoms with E-state index in [2.05, 4.69) is 22.1 Å². The van der Waals surface area contributed by atoms with E-state index < -0.39 is 0 Å². The molecule has 5 heteroatoms. The van der Waals surface area contributed by atoms with Crippen molar-refractivity contribution in [3.63, 3.8) is 0 Å². The first kappa shape index (κ1) is 14.3. The normalized spacial score (nSPS) is 9.70. The standard InChI is InChI=1S/C15H14N2O2S/c1-11-13(6-4-8-16-11)17-15(19)14-12(7-10-20-14)5-2-3-9-18/h4,6-8,10,18H,3,9H2,1H3,(H,17,19). The summed E-state index contributed by atoms with van der Waals surface area (Å²) in [5.41, 5.74) is 2.15. The molecule has 0 aromatic carbocycles. The van der Waals surface area contributed by atoms with Gasteiger partial charge < -0.3 is 10.4 Å². The molecule has 2 N–H and O–H groups in total. The number of aromatic nitrogens is 1. The van der Waals surface area contributed by atoms with Crippen molar-refractivity contribution in [2.45, 2.75) is 13.3 Å². The van der Waals surface area contributed by atoms with Gasteiger partial charge in [0.25, 0.3) is 5.91 Å². The Morgan fingerprint density at radius 3 is 3.10 bits per heavy atom. The quantitative estimate of drug-likeness (QED) is 0.852. The van der Waals surface area contributed by atoms with Crippen LogP contribution in [0.5, 0.6) is 0 Å². The SMILES string of the molecule is Cc1ncccc1NC(=O)c1sccc1C#CCCO. The van der Waals surface area contributed by atoms with E-state index in [4.69, 9.17) is 5.11 Å². The minimum Gasteiger partial charge on any atom is -0.395 e. The molecule has 1 amide bonds. The first-order valence-electron chi connectivity index (χ1n) is 6.12. The Hall–Kier alpha value is -2.16. The number of pyridine rings is 1. The van der Waals surface area contributed by atoms with Gasteiger partial charge in [-0.25, -0.2) is 0 Å². The van der Waals surface area contributed by atoms with Gasteiger partial charge in [0, 0.05) is 18.2 Å². The molecular formula is C15H14N2O2S. The maximum Gasteiger partial charge on any atom is 0.267 e. The largest absolute Gasteiger partial charge is 0.395 e. The molecule has 2 aromatic rings. The highest BCUT2D eigenvalue weighted by molar-refractivity contribution is 7.12. The Kier molecular flexibility index (Phi) is 4.88. The Morgan fingerprint density at radius 2 is 2.35 bits per heavy atom. The van der Waals surface area contributed by atoms with Crippen LogP contribution in [-0.4, -0.2) is 22.6 Å². The zero-order valence-electron chi connectivity index (χ0n) is 11.0. The van der Waals surface area contributed by atoms with Crippen LogP contribution >= 0.6 is 11.3 Å². The van der Waals surface area contributed by atoms with E-state index >= 15 is 0 Å². The van der Waals surface area contributed by atoms with Crippen molar-refractivity contribution in [2.75, 3.05) is 11.9 Å². The highest BCUT2D eigenvalue weighted by Crippen LogP contribution is 2.19. The van der Waals surface area contributed by atoms with Crippen LogP contribution in [0.3, 0.4) is 0 Å². The van der Waals surface area contributed by atoms with Crippen LogP contribution in [0.15, 0.2) is 29.8 Å². The summed E-state index contributed by atoms with van der Waals surface area (Å²) in [6, 6.07) is 5.39. The van der Waals surface area contributed by atoms with Crippen LogP contribution in [0.4, 0.5) is 5.69 Å². The molecular weight excluding hydrogens is 272 g/mol. The lowest BCUT2D eigenvalue weighted by Gasteiger charge is -2.06. The molecule has 0 radical (unpaired) electrons. The zero-order valence-corrected chi connectivity index (χ0v) is 11.8. The average molecular weight is 286 g/mol. The van der Waals surface area contributed by atoms with Gasteiger partial charge in [0.2, 0.25) is 0 Å². The molecule has 102 valence electrons. The van der Waals surface area contributed by atoms with Gasteiger partial charge in [-0.05, 0) is 30.5 Å². The summed E-state index contributed by atoms with van der Waals surface area (Å²) in [6.07, 6.45) is 2.08. The molecule has 0 atom stereocenters. The van der Waals surface area contributed by atoms with Gasteiger partial charge in [-0.1, -0.05) is 11.8 Å². The number of amides is 1. The van der Waals surface area contributed by atoms with Crippen molar-refractivity contribution in [1.29, 1.82) is 0 Å². The van der Waals surface area contributed by atoms with Crippen LogP contribution in [0, 0.1) is 18.8 Å². The number of hydrogen-bond donors (Lipinski definition) is 2. The predicted molar refractivity (Wildman–Crippen MR) is 79.8 cm³/mol. The summed E-state index contributed by atoms with van der Waals surface area (Å²) in [6.45, 7) is 1.86. The first-order chi connectivity index (χ1) is 9.72. The van der Waals surface area contributed by atoms with E-state index in [9.17, 15) is 4.79 Å². The van der Waals surface area contributed by atoms with E-state index in [1.165, 1.54) is 11.3 Å². The second-order valence-electron chi connectivity index (χ2n) is 4.03. The second-order valence-corrected chi connectivity index (χ2v) is 4.95. The fraction of sp³-hybridized carbons (Fsp3) is 0.200. The van der Waals surface area contributed by atoms with Crippen LogP contribution in [0.25, 0.3) is 0 Å². The number of nitrogens with one attached hydrogen (secondary N) is 1. The third kappa shape index (κ3) is 3.44. The van der Waals surface area contributed by atoms with E-state index in [0.717, 1.165) is 5.69 Å². The predicted octanol–water partition coefficient (Wildman–Crippen LogP) is 2.44. The molecule has 4 nitrogen and oxygen atoms in total. The molecule has 0 bridgehead atoms.